The van der Waals surface area contributed by atoms with Crippen molar-refractivity contribution in [1.82, 2.24) is 0 Å². The maximum Gasteiger partial charge on any atom is 0.243 e. The van der Waals surface area contributed by atoms with Gasteiger partial charge in [-0.05, 0) is 74.2 Å². The van der Waals surface area contributed by atoms with Gasteiger partial charge in [-0.1, -0.05) is 12.1 Å². The van der Waals surface area contributed by atoms with E-state index >= 15 is 0 Å². The molecule has 2 aromatic carbocycles. The molecule has 2 N–H and O–H groups in total. The summed E-state index contributed by atoms with van der Waals surface area (Å²) in [7, 11) is 0. The Labute approximate surface area is 126 Å². The zero-order valence-electron chi connectivity index (χ0n) is 13.1. The molecule has 0 saturated carbocycles. The summed E-state index contributed by atoms with van der Waals surface area (Å²) >= 11 is 0. The number of benzene rings is 2. The molecule has 0 atom stereocenters. The highest BCUT2D eigenvalue weighted by Crippen LogP contribution is 2.15. The predicted octanol–water partition coefficient (Wildman–Crippen LogP) is 3.97. The van der Waals surface area contributed by atoms with E-state index in [1.807, 2.05) is 52.0 Å². The van der Waals surface area contributed by atoms with Crippen LogP contribution in [0.5, 0.6) is 0 Å². The van der Waals surface area contributed by atoms with Crippen molar-refractivity contribution in [3.05, 3.63) is 58.7 Å². The number of nitrogens with one attached hydrogen (secondary N) is 2. The van der Waals surface area contributed by atoms with Gasteiger partial charge in [0.2, 0.25) is 5.91 Å². The van der Waals surface area contributed by atoms with Crippen LogP contribution in [0.25, 0.3) is 0 Å². The molecule has 0 aliphatic rings. The highest BCUT2D eigenvalue weighted by Gasteiger charge is 2.04. The third kappa shape index (κ3) is 4.63. The van der Waals surface area contributed by atoms with E-state index in [0.29, 0.717) is 0 Å². The summed E-state index contributed by atoms with van der Waals surface area (Å²) in [5.74, 6) is -0.0424. The molecule has 0 heterocycles. The molecule has 0 bridgehead atoms. The molecular weight excluding hydrogens is 260 g/mol. The van der Waals surface area contributed by atoms with Gasteiger partial charge in [-0.15, -0.1) is 0 Å². The molecule has 3 heteroatoms. The number of anilines is 2. The van der Waals surface area contributed by atoms with Gasteiger partial charge in [0, 0.05) is 11.4 Å². The second-order valence-corrected chi connectivity index (χ2v) is 5.65. The number of amides is 1. The van der Waals surface area contributed by atoms with Crippen molar-refractivity contribution in [1.29, 1.82) is 0 Å². The summed E-state index contributed by atoms with van der Waals surface area (Å²) in [4.78, 5) is 12.0. The van der Waals surface area contributed by atoms with Crippen molar-refractivity contribution in [2.45, 2.75) is 27.7 Å². The monoisotopic (exact) mass is 282 g/mol. The molecule has 110 valence electrons. The normalized spacial score (nSPS) is 10.3. The summed E-state index contributed by atoms with van der Waals surface area (Å²) in [6, 6.07) is 12.2. The van der Waals surface area contributed by atoms with Gasteiger partial charge in [0.15, 0.2) is 0 Å². The summed E-state index contributed by atoms with van der Waals surface area (Å²) < 4.78 is 0. The van der Waals surface area contributed by atoms with Crippen molar-refractivity contribution < 1.29 is 4.79 Å². The van der Waals surface area contributed by atoms with E-state index in [9.17, 15) is 4.79 Å². The summed E-state index contributed by atoms with van der Waals surface area (Å²) in [5.41, 5.74) is 6.49. The number of carbonyl (C=O) groups is 1. The Morgan fingerprint density at radius 1 is 0.762 bits per heavy atom. The SMILES string of the molecule is Cc1cc(C)cc(NCC(=O)Nc2cc(C)cc(C)c2)c1. The standard InChI is InChI=1S/C18H22N2O/c1-12-5-13(2)8-16(7-12)19-11-18(21)20-17-9-14(3)6-15(4)10-17/h5-10,19H,11H2,1-4H3,(H,20,21). The van der Waals surface area contributed by atoms with Crippen LogP contribution in [0.2, 0.25) is 0 Å². The molecule has 0 aromatic heterocycles. The van der Waals surface area contributed by atoms with Crippen molar-refractivity contribution in [3.63, 3.8) is 0 Å². The van der Waals surface area contributed by atoms with E-state index in [1.54, 1.807) is 0 Å². The Morgan fingerprint density at radius 2 is 1.19 bits per heavy atom. The van der Waals surface area contributed by atoms with Gasteiger partial charge in [-0.3, -0.25) is 4.79 Å². The Morgan fingerprint density at radius 3 is 1.67 bits per heavy atom. The lowest BCUT2D eigenvalue weighted by molar-refractivity contribution is -0.114. The van der Waals surface area contributed by atoms with Crippen LogP contribution >= 0.6 is 0 Å². The number of aryl methyl sites for hydroxylation is 4. The van der Waals surface area contributed by atoms with Gasteiger partial charge in [0.25, 0.3) is 0 Å². The first-order valence-electron chi connectivity index (χ1n) is 7.13. The second kappa shape index (κ2) is 6.44. The highest BCUT2D eigenvalue weighted by atomic mass is 16.1. The fourth-order valence-electron chi connectivity index (χ4n) is 2.51. The molecule has 21 heavy (non-hydrogen) atoms. The predicted molar refractivity (Wildman–Crippen MR) is 89.0 cm³/mol. The van der Waals surface area contributed by atoms with Crippen molar-refractivity contribution in [2.24, 2.45) is 0 Å². The molecule has 0 spiro atoms. The lowest BCUT2D eigenvalue weighted by Gasteiger charge is -2.10. The Kier molecular flexibility index (Phi) is 4.63. The third-order valence-electron chi connectivity index (χ3n) is 3.18. The molecule has 0 aliphatic heterocycles. The molecule has 3 nitrogen and oxygen atoms in total. The Hall–Kier alpha value is -2.29. The number of hydrogen-bond acceptors (Lipinski definition) is 2. The van der Waals surface area contributed by atoms with Gasteiger partial charge in [-0.25, -0.2) is 0 Å². The lowest BCUT2D eigenvalue weighted by Crippen LogP contribution is -2.21. The Bertz CT molecular complexity index is 622. The summed E-state index contributed by atoms with van der Waals surface area (Å²) in [6.45, 7) is 8.41. The van der Waals surface area contributed by atoms with Gasteiger partial charge in [-0.2, -0.15) is 0 Å². The van der Waals surface area contributed by atoms with Crippen LogP contribution in [0, 0.1) is 27.7 Å². The van der Waals surface area contributed by atoms with Crippen LogP contribution < -0.4 is 10.6 Å². The van der Waals surface area contributed by atoms with E-state index < -0.39 is 0 Å². The van der Waals surface area contributed by atoms with E-state index in [4.69, 9.17) is 0 Å². The maximum atomic E-state index is 12.0. The van der Waals surface area contributed by atoms with Gasteiger partial charge >= 0.3 is 0 Å². The highest BCUT2D eigenvalue weighted by molar-refractivity contribution is 5.93. The summed E-state index contributed by atoms with van der Waals surface area (Å²) in [6.07, 6.45) is 0. The van der Waals surface area contributed by atoms with Crippen LogP contribution in [-0.4, -0.2) is 12.5 Å². The topological polar surface area (TPSA) is 41.1 Å². The smallest absolute Gasteiger partial charge is 0.243 e. The second-order valence-electron chi connectivity index (χ2n) is 5.65. The molecule has 0 unspecified atom stereocenters. The maximum absolute atomic E-state index is 12.0. The number of hydrogen-bond donors (Lipinski definition) is 2. The van der Waals surface area contributed by atoms with Crippen molar-refractivity contribution in [3.8, 4) is 0 Å². The lowest BCUT2D eigenvalue weighted by atomic mass is 10.1. The van der Waals surface area contributed by atoms with Crippen LogP contribution in [0.1, 0.15) is 22.3 Å². The minimum atomic E-state index is -0.0424. The first kappa shape index (κ1) is 15.1. The van der Waals surface area contributed by atoms with Crippen LogP contribution in [0.15, 0.2) is 36.4 Å². The van der Waals surface area contributed by atoms with E-state index in [0.717, 1.165) is 22.5 Å². The molecule has 0 aliphatic carbocycles. The zero-order valence-corrected chi connectivity index (χ0v) is 13.1. The number of carbonyl (C=O) groups excluding carboxylic acids is 1. The first-order valence-corrected chi connectivity index (χ1v) is 7.13. The minimum absolute atomic E-state index is 0.0424. The van der Waals surface area contributed by atoms with Gasteiger partial charge in [0.05, 0.1) is 6.54 Å². The number of rotatable bonds is 4. The minimum Gasteiger partial charge on any atom is -0.376 e. The first-order chi connectivity index (χ1) is 9.92. The molecular formula is C18H22N2O. The van der Waals surface area contributed by atoms with E-state index in [1.165, 1.54) is 11.1 Å². The van der Waals surface area contributed by atoms with Crippen LogP contribution in [0.4, 0.5) is 11.4 Å². The third-order valence-corrected chi connectivity index (χ3v) is 3.18. The largest absolute Gasteiger partial charge is 0.376 e. The molecule has 0 fully saturated rings. The van der Waals surface area contributed by atoms with E-state index in [-0.39, 0.29) is 12.5 Å². The summed E-state index contributed by atoms with van der Waals surface area (Å²) in [5, 5.41) is 6.09. The van der Waals surface area contributed by atoms with Crippen LogP contribution in [0.3, 0.4) is 0 Å². The Balaban J connectivity index is 1.95. The molecule has 1 amide bonds. The molecule has 2 aromatic rings. The molecule has 2 rings (SSSR count). The molecule has 0 radical (unpaired) electrons. The van der Waals surface area contributed by atoms with Crippen molar-refractivity contribution in [2.75, 3.05) is 17.2 Å². The molecule has 0 saturated heterocycles. The fraction of sp³-hybridized carbons (Fsp3) is 0.278. The van der Waals surface area contributed by atoms with Crippen molar-refractivity contribution >= 4 is 17.3 Å². The zero-order chi connectivity index (χ0) is 15.4. The van der Waals surface area contributed by atoms with Gasteiger partial charge in [0.1, 0.15) is 0 Å². The average Bonchev–Trinajstić information content (AvgIpc) is 2.34. The fourth-order valence-corrected chi connectivity index (χ4v) is 2.51. The quantitative estimate of drug-likeness (QED) is 0.891. The van der Waals surface area contributed by atoms with Gasteiger partial charge < -0.3 is 10.6 Å². The van der Waals surface area contributed by atoms with E-state index in [2.05, 4.69) is 22.8 Å². The van der Waals surface area contributed by atoms with Crippen LogP contribution in [-0.2, 0) is 4.79 Å². The average molecular weight is 282 g/mol.